The van der Waals surface area contributed by atoms with Crippen LogP contribution in [0.25, 0.3) is 0 Å². The van der Waals surface area contributed by atoms with Crippen LogP contribution in [0, 0.1) is 11.3 Å². The maximum atomic E-state index is 13.0. The molecule has 1 N–H and O–H groups in total. The highest BCUT2D eigenvalue weighted by molar-refractivity contribution is 6.46. The van der Waals surface area contributed by atoms with Gasteiger partial charge < -0.3 is 9.84 Å². The summed E-state index contributed by atoms with van der Waals surface area (Å²) in [5.74, 6) is 0.158. The molecular formula is C34H25Cl4NO4. The lowest BCUT2D eigenvalue weighted by Gasteiger charge is -2.22. The second-order valence-corrected chi connectivity index (χ2v) is 12.5. The van der Waals surface area contributed by atoms with Crippen molar-refractivity contribution in [1.29, 1.82) is 5.26 Å². The molecule has 43 heavy (non-hydrogen) atoms. The number of carbonyl (C=O) groups is 2. The van der Waals surface area contributed by atoms with Crippen molar-refractivity contribution in [3.63, 3.8) is 0 Å². The Labute approximate surface area is 269 Å². The number of benzene rings is 4. The summed E-state index contributed by atoms with van der Waals surface area (Å²) >= 11 is 24.6. The van der Waals surface area contributed by atoms with E-state index in [1.807, 2.05) is 80.6 Å². The Balaban J connectivity index is 0.000000173. The summed E-state index contributed by atoms with van der Waals surface area (Å²) in [6.07, 6.45) is 1.03. The molecule has 0 saturated heterocycles. The Hall–Kier alpha value is -3.53. The van der Waals surface area contributed by atoms with E-state index in [9.17, 15) is 14.7 Å². The first-order chi connectivity index (χ1) is 20.4. The number of phenols is 1. The van der Waals surface area contributed by atoms with E-state index in [1.54, 1.807) is 6.07 Å². The van der Waals surface area contributed by atoms with E-state index < -0.39 is 10.8 Å². The van der Waals surface area contributed by atoms with Gasteiger partial charge in [0.25, 0.3) is 0 Å². The molecule has 4 aromatic rings. The number of hydrogen-bond acceptors (Lipinski definition) is 5. The van der Waals surface area contributed by atoms with Gasteiger partial charge in [0.2, 0.25) is 0 Å². The number of hydrogen-bond donors (Lipinski definition) is 1. The van der Waals surface area contributed by atoms with Gasteiger partial charge in [0.15, 0.2) is 18.2 Å². The third-order valence-electron chi connectivity index (χ3n) is 8.18. The van der Waals surface area contributed by atoms with Crippen molar-refractivity contribution in [3.05, 3.63) is 126 Å². The fourth-order valence-corrected chi connectivity index (χ4v) is 6.81. The largest absolute Gasteiger partial charge is 0.506 e. The van der Waals surface area contributed by atoms with Gasteiger partial charge >= 0.3 is 0 Å². The van der Waals surface area contributed by atoms with Crippen molar-refractivity contribution in [2.45, 2.75) is 37.5 Å². The molecule has 0 heterocycles. The number of Topliss-reactive ketones (excluding diaryl/α,β-unsaturated/α-hetero) is 2. The van der Waals surface area contributed by atoms with Crippen LogP contribution in [0.4, 0.5) is 0 Å². The molecular weight excluding hydrogens is 628 g/mol. The second kappa shape index (κ2) is 11.9. The van der Waals surface area contributed by atoms with Crippen molar-refractivity contribution in [3.8, 4) is 17.6 Å². The van der Waals surface area contributed by atoms with Gasteiger partial charge in [-0.05, 0) is 61.1 Å². The Morgan fingerprint density at radius 2 is 1.19 bits per heavy atom. The topological polar surface area (TPSA) is 87.4 Å². The molecule has 2 aliphatic rings. The molecule has 0 fully saturated rings. The monoisotopic (exact) mass is 651 g/mol. The summed E-state index contributed by atoms with van der Waals surface area (Å²) in [5, 5.41) is 19.0. The highest BCUT2D eigenvalue weighted by Crippen LogP contribution is 2.48. The lowest BCUT2D eigenvalue weighted by Crippen LogP contribution is -2.29. The number of nitrogens with zero attached hydrogens (tertiary/aromatic N) is 1. The molecule has 218 valence electrons. The number of carbonyl (C=O) groups excluding carboxylic acids is 2. The second-order valence-electron chi connectivity index (χ2n) is 10.9. The first-order valence-electron chi connectivity index (χ1n) is 13.3. The van der Waals surface area contributed by atoms with Gasteiger partial charge in [-0.2, -0.15) is 5.26 Å². The highest BCUT2D eigenvalue weighted by Gasteiger charge is 2.46. The van der Waals surface area contributed by atoms with Crippen LogP contribution in [0.3, 0.4) is 0 Å². The molecule has 2 aliphatic carbocycles. The van der Waals surface area contributed by atoms with Gasteiger partial charge in [-0.1, -0.05) is 107 Å². The third kappa shape index (κ3) is 5.28. The molecule has 4 aromatic carbocycles. The molecule has 2 atom stereocenters. The molecule has 9 heteroatoms. The van der Waals surface area contributed by atoms with E-state index in [4.69, 9.17) is 56.4 Å². The van der Waals surface area contributed by atoms with Crippen LogP contribution < -0.4 is 4.74 Å². The molecule has 0 amide bonds. The molecule has 0 radical (unpaired) electrons. The molecule has 5 nitrogen and oxygen atoms in total. The minimum atomic E-state index is -0.676. The molecule has 0 aliphatic heterocycles. The Morgan fingerprint density at radius 1 is 0.744 bits per heavy atom. The summed E-state index contributed by atoms with van der Waals surface area (Å²) in [4.78, 5) is 25.8. The lowest BCUT2D eigenvalue weighted by molar-refractivity contribution is 0.0908. The normalized spacial score (nSPS) is 20.1. The Kier molecular flexibility index (Phi) is 8.53. The van der Waals surface area contributed by atoms with Gasteiger partial charge in [-0.3, -0.25) is 9.59 Å². The molecule has 6 rings (SSSR count). The van der Waals surface area contributed by atoms with E-state index in [0.29, 0.717) is 29.7 Å². The van der Waals surface area contributed by atoms with Crippen LogP contribution in [0.15, 0.2) is 72.8 Å². The van der Waals surface area contributed by atoms with E-state index in [0.717, 1.165) is 22.3 Å². The zero-order chi connectivity index (χ0) is 31.1. The van der Waals surface area contributed by atoms with Crippen molar-refractivity contribution in [2.75, 3.05) is 6.61 Å². The van der Waals surface area contributed by atoms with Gasteiger partial charge in [0.1, 0.15) is 27.6 Å². The number of ketones is 2. The maximum absolute atomic E-state index is 13.0. The van der Waals surface area contributed by atoms with Crippen molar-refractivity contribution in [2.24, 2.45) is 0 Å². The number of rotatable bonds is 4. The van der Waals surface area contributed by atoms with Crippen LogP contribution in [0.5, 0.6) is 11.5 Å². The van der Waals surface area contributed by atoms with E-state index in [-0.39, 0.29) is 44.0 Å². The van der Waals surface area contributed by atoms with Crippen LogP contribution in [-0.2, 0) is 23.7 Å². The number of nitriles is 1. The summed E-state index contributed by atoms with van der Waals surface area (Å²) in [7, 11) is 0. The molecule has 2 unspecified atom stereocenters. The Bertz CT molecular complexity index is 1800. The lowest BCUT2D eigenvalue weighted by atomic mass is 9.79. The molecule has 0 saturated carbocycles. The number of phenolic OH excluding ortho intramolecular Hbond substituents is 1. The number of ether oxygens (including phenoxy) is 1. The summed E-state index contributed by atoms with van der Waals surface area (Å²) < 4.78 is 5.31. The van der Waals surface area contributed by atoms with Crippen LogP contribution >= 0.6 is 46.4 Å². The zero-order valence-corrected chi connectivity index (χ0v) is 26.2. The summed E-state index contributed by atoms with van der Waals surface area (Å²) in [6.45, 7) is 3.68. The number of fused-ring (bicyclic) bond motifs is 2. The van der Waals surface area contributed by atoms with Gasteiger partial charge in [0, 0.05) is 11.1 Å². The van der Waals surface area contributed by atoms with Crippen LogP contribution in [-0.4, -0.2) is 23.3 Å². The maximum Gasteiger partial charge on any atom is 0.175 e. The fourth-order valence-electron chi connectivity index (χ4n) is 5.85. The Morgan fingerprint density at radius 3 is 1.65 bits per heavy atom. The summed E-state index contributed by atoms with van der Waals surface area (Å²) in [6, 6.07) is 24.3. The van der Waals surface area contributed by atoms with Crippen molar-refractivity contribution in [1.82, 2.24) is 0 Å². The number of aromatic hydroxyl groups is 1. The fraction of sp³-hybridized carbons (Fsp3) is 0.206. The van der Waals surface area contributed by atoms with Gasteiger partial charge in [-0.15, -0.1) is 0 Å². The number of halogens is 4. The summed E-state index contributed by atoms with van der Waals surface area (Å²) in [5.41, 5.74) is 2.96. The quantitative estimate of drug-likeness (QED) is 0.238. The molecule has 0 bridgehead atoms. The zero-order valence-electron chi connectivity index (χ0n) is 23.2. The van der Waals surface area contributed by atoms with Gasteiger partial charge in [-0.25, -0.2) is 0 Å². The van der Waals surface area contributed by atoms with Crippen LogP contribution in [0.2, 0.25) is 20.1 Å². The SMILES string of the molecule is CC1(c2ccccc2)Cc2cc(O)c(Cl)c(Cl)c2C1=O.CC1(c2ccccc2)Cc2cc(OCC#N)c(Cl)c(Cl)c2C1=O. The molecule has 0 aromatic heterocycles. The minimum Gasteiger partial charge on any atom is -0.506 e. The van der Waals surface area contributed by atoms with Crippen LogP contribution in [0.1, 0.15) is 56.8 Å². The predicted octanol–water partition coefficient (Wildman–Crippen LogP) is 8.99. The van der Waals surface area contributed by atoms with Crippen molar-refractivity contribution < 1.29 is 19.4 Å². The first-order valence-corrected chi connectivity index (χ1v) is 14.9. The standard InChI is InChI=1S/C18H13Cl2NO2.C16H12Cl2O2/c1-18(12-5-3-2-4-6-12)10-11-9-13(23-8-7-21)15(19)16(20)14(11)17(18)22;1-16(10-5-3-2-4-6-10)8-9-7-11(19)13(17)14(18)12(9)15(16)20/h2-6,9H,8,10H2,1H3;2-7,19H,8H2,1H3. The predicted molar refractivity (Wildman–Crippen MR) is 169 cm³/mol. The third-order valence-corrected chi connectivity index (χ3v) is 9.89. The van der Waals surface area contributed by atoms with Gasteiger partial charge in [0.05, 0.1) is 20.9 Å². The smallest absolute Gasteiger partial charge is 0.175 e. The molecule has 0 spiro atoms. The average molecular weight is 653 g/mol. The van der Waals surface area contributed by atoms with E-state index in [2.05, 4.69) is 0 Å². The first kappa shape index (κ1) is 30.9. The van der Waals surface area contributed by atoms with E-state index >= 15 is 0 Å². The average Bonchev–Trinajstić information content (AvgIpc) is 3.43. The highest BCUT2D eigenvalue weighted by atomic mass is 35.5. The minimum absolute atomic E-state index is 0.0380. The van der Waals surface area contributed by atoms with E-state index in [1.165, 1.54) is 6.07 Å². The van der Waals surface area contributed by atoms with Crippen molar-refractivity contribution >= 4 is 58.0 Å².